The van der Waals surface area contributed by atoms with Crippen LogP contribution >= 0.6 is 0 Å². The van der Waals surface area contributed by atoms with Gasteiger partial charge < -0.3 is 10.1 Å². The van der Waals surface area contributed by atoms with Gasteiger partial charge in [0.25, 0.3) is 0 Å². The topological polar surface area (TPSA) is 21.3 Å². The maximum Gasteiger partial charge on any atom is 0.0654 e. The summed E-state index contributed by atoms with van der Waals surface area (Å²) in [6, 6.07) is 0. The lowest BCUT2D eigenvalue weighted by atomic mass is 9.86. The molecular formula is C16H27NO. The van der Waals surface area contributed by atoms with Gasteiger partial charge in [-0.25, -0.2) is 0 Å². The van der Waals surface area contributed by atoms with E-state index in [2.05, 4.69) is 38.2 Å². The van der Waals surface area contributed by atoms with Gasteiger partial charge in [0.2, 0.25) is 0 Å². The van der Waals surface area contributed by atoms with Crippen molar-refractivity contribution in [2.75, 3.05) is 19.7 Å². The third kappa shape index (κ3) is 3.69. The molecule has 1 unspecified atom stereocenters. The molecule has 0 amide bonds. The van der Waals surface area contributed by atoms with Gasteiger partial charge in [-0.2, -0.15) is 0 Å². The molecule has 2 atom stereocenters. The van der Waals surface area contributed by atoms with E-state index < -0.39 is 0 Å². The molecule has 2 aliphatic heterocycles. The minimum atomic E-state index is 0.429. The Balaban J connectivity index is 1.86. The summed E-state index contributed by atoms with van der Waals surface area (Å²) in [4.78, 5) is 0. The summed E-state index contributed by atoms with van der Waals surface area (Å²) in [7, 11) is 0. The Bertz CT molecular complexity index is 330. The molecular weight excluding hydrogens is 222 g/mol. The van der Waals surface area contributed by atoms with Gasteiger partial charge in [-0.05, 0) is 37.6 Å². The van der Waals surface area contributed by atoms with Crippen LogP contribution in [0, 0.1) is 11.8 Å². The largest absolute Gasteiger partial charge is 0.374 e. The minimum absolute atomic E-state index is 0.429. The van der Waals surface area contributed by atoms with E-state index in [1.54, 1.807) is 11.1 Å². The molecule has 0 bridgehead atoms. The normalized spacial score (nSPS) is 26.8. The highest BCUT2D eigenvalue weighted by Gasteiger charge is 2.22. The van der Waals surface area contributed by atoms with E-state index in [9.17, 15) is 0 Å². The number of ether oxygens (including phenoxy) is 1. The van der Waals surface area contributed by atoms with Gasteiger partial charge in [0.15, 0.2) is 0 Å². The predicted molar refractivity (Wildman–Crippen MR) is 76.6 cm³/mol. The molecule has 2 rings (SSSR count). The average molecular weight is 249 g/mol. The summed E-state index contributed by atoms with van der Waals surface area (Å²) in [5.41, 5.74) is 3.20. The van der Waals surface area contributed by atoms with E-state index in [-0.39, 0.29) is 0 Å². The van der Waals surface area contributed by atoms with Crippen molar-refractivity contribution < 1.29 is 4.74 Å². The summed E-state index contributed by atoms with van der Waals surface area (Å²) in [6.45, 7) is 9.92. The van der Waals surface area contributed by atoms with Crippen LogP contribution in [0.5, 0.6) is 0 Å². The van der Waals surface area contributed by atoms with Crippen molar-refractivity contribution in [3.8, 4) is 0 Å². The fraction of sp³-hybridized carbons (Fsp3) is 0.750. The van der Waals surface area contributed by atoms with Crippen molar-refractivity contribution in [2.45, 2.75) is 46.1 Å². The second-order valence-corrected chi connectivity index (χ2v) is 5.96. The van der Waals surface area contributed by atoms with Gasteiger partial charge in [0.1, 0.15) is 0 Å². The fourth-order valence-electron chi connectivity index (χ4n) is 2.95. The van der Waals surface area contributed by atoms with Gasteiger partial charge in [-0.3, -0.25) is 0 Å². The number of hydrogen-bond donors (Lipinski definition) is 1. The van der Waals surface area contributed by atoms with E-state index in [1.807, 2.05) is 0 Å². The first kappa shape index (κ1) is 13.8. The monoisotopic (exact) mass is 249 g/mol. The van der Waals surface area contributed by atoms with Crippen molar-refractivity contribution in [1.29, 1.82) is 0 Å². The van der Waals surface area contributed by atoms with Gasteiger partial charge >= 0.3 is 0 Å². The lowest BCUT2D eigenvalue weighted by molar-refractivity contribution is 0.0480. The predicted octanol–water partition coefficient (Wildman–Crippen LogP) is 3.30. The van der Waals surface area contributed by atoms with Crippen LogP contribution in [0.3, 0.4) is 0 Å². The highest BCUT2D eigenvalue weighted by atomic mass is 16.5. The first-order valence-electron chi connectivity index (χ1n) is 7.37. The Hall–Kier alpha value is -0.600. The molecule has 0 saturated carbocycles. The molecule has 1 N–H and O–H groups in total. The highest BCUT2D eigenvalue weighted by Crippen LogP contribution is 2.28. The Morgan fingerprint density at radius 1 is 1.28 bits per heavy atom. The van der Waals surface area contributed by atoms with Crippen LogP contribution in [0.25, 0.3) is 0 Å². The molecule has 0 spiro atoms. The molecule has 2 aliphatic rings. The van der Waals surface area contributed by atoms with E-state index >= 15 is 0 Å². The Morgan fingerprint density at radius 2 is 2.11 bits per heavy atom. The van der Waals surface area contributed by atoms with Crippen LogP contribution in [-0.2, 0) is 4.74 Å². The van der Waals surface area contributed by atoms with Gasteiger partial charge in [-0.15, -0.1) is 0 Å². The Labute approximate surface area is 111 Å². The summed E-state index contributed by atoms with van der Waals surface area (Å²) >= 11 is 0. The lowest BCUT2D eigenvalue weighted by Gasteiger charge is -2.29. The number of rotatable bonds is 4. The summed E-state index contributed by atoms with van der Waals surface area (Å²) < 4.78 is 5.90. The molecule has 0 aromatic heterocycles. The van der Waals surface area contributed by atoms with Gasteiger partial charge in [-0.1, -0.05) is 44.1 Å². The Morgan fingerprint density at radius 3 is 2.78 bits per heavy atom. The zero-order chi connectivity index (χ0) is 13.0. The van der Waals surface area contributed by atoms with Crippen LogP contribution in [0.1, 0.15) is 40.0 Å². The van der Waals surface area contributed by atoms with E-state index in [0.717, 1.165) is 26.1 Å². The van der Waals surface area contributed by atoms with Crippen molar-refractivity contribution in [3.05, 3.63) is 23.3 Å². The smallest absolute Gasteiger partial charge is 0.0654 e. The molecule has 0 aromatic carbocycles. The summed E-state index contributed by atoms with van der Waals surface area (Å²) in [6.07, 6.45) is 8.59. The third-order valence-electron chi connectivity index (χ3n) is 4.23. The SMILES string of the molecule is CC(C)C1=CCOC(C[C@H](C)C2=CCNCC2)C1. The quantitative estimate of drug-likeness (QED) is 0.772. The van der Waals surface area contributed by atoms with Crippen LogP contribution in [-0.4, -0.2) is 25.8 Å². The van der Waals surface area contributed by atoms with Crippen LogP contribution < -0.4 is 5.32 Å². The molecule has 2 heterocycles. The van der Waals surface area contributed by atoms with Gasteiger partial charge in [0, 0.05) is 6.54 Å². The Kier molecular flexibility index (Phi) is 5.02. The first-order valence-corrected chi connectivity index (χ1v) is 7.37. The van der Waals surface area contributed by atoms with Crippen molar-refractivity contribution in [3.63, 3.8) is 0 Å². The van der Waals surface area contributed by atoms with Crippen molar-refractivity contribution in [2.24, 2.45) is 11.8 Å². The summed E-state index contributed by atoms with van der Waals surface area (Å²) in [5.74, 6) is 1.34. The van der Waals surface area contributed by atoms with Crippen LogP contribution in [0.2, 0.25) is 0 Å². The maximum atomic E-state index is 5.90. The molecule has 2 nitrogen and oxygen atoms in total. The van der Waals surface area contributed by atoms with E-state index in [0.29, 0.717) is 17.9 Å². The third-order valence-corrected chi connectivity index (χ3v) is 4.23. The minimum Gasteiger partial charge on any atom is -0.374 e. The van der Waals surface area contributed by atoms with Gasteiger partial charge in [0.05, 0.1) is 12.7 Å². The molecule has 0 radical (unpaired) electrons. The zero-order valence-electron chi connectivity index (χ0n) is 12.0. The number of nitrogens with one attached hydrogen (secondary N) is 1. The average Bonchev–Trinajstić information content (AvgIpc) is 2.40. The van der Waals surface area contributed by atoms with Crippen LogP contribution in [0.4, 0.5) is 0 Å². The number of hydrogen-bond acceptors (Lipinski definition) is 2. The zero-order valence-corrected chi connectivity index (χ0v) is 12.0. The standard InChI is InChI=1S/C16H27NO/c1-12(2)15-6-9-18-16(11-15)10-13(3)14-4-7-17-8-5-14/h4,6,12-13,16-17H,5,7-11H2,1-3H3/t13-,16?/m0/s1. The second-order valence-electron chi connectivity index (χ2n) is 5.96. The molecule has 0 aromatic rings. The molecule has 102 valence electrons. The van der Waals surface area contributed by atoms with E-state index in [1.165, 1.54) is 12.8 Å². The second kappa shape index (κ2) is 6.53. The maximum absolute atomic E-state index is 5.90. The lowest BCUT2D eigenvalue weighted by Crippen LogP contribution is -2.26. The van der Waals surface area contributed by atoms with Crippen molar-refractivity contribution >= 4 is 0 Å². The van der Waals surface area contributed by atoms with E-state index in [4.69, 9.17) is 4.74 Å². The molecule has 0 fully saturated rings. The molecule has 0 saturated heterocycles. The summed E-state index contributed by atoms with van der Waals surface area (Å²) in [5, 5.41) is 3.38. The molecule has 18 heavy (non-hydrogen) atoms. The fourth-order valence-corrected chi connectivity index (χ4v) is 2.95. The molecule has 2 heteroatoms. The van der Waals surface area contributed by atoms with Crippen molar-refractivity contribution in [1.82, 2.24) is 5.32 Å². The highest BCUT2D eigenvalue weighted by molar-refractivity contribution is 5.13. The van der Waals surface area contributed by atoms with Crippen LogP contribution in [0.15, 0.2) is 23.3 Å². The molecule has 0 aliphatic carbocycles. The first-order chi connectivity index (χ1) is 8.66.